The minimum atomic E-state index is -0.707. The lowest BCUT2D eigenvalue weighted by atomic mass is 10.1. The third-order valence-electron chi connectivity index (χ3n) is 3.58. The molecule has 0 aromatic heterocycles. The molecule has 126 valence electrons. The van der Waals surface area contributed by atoms with Crippen LogP contribution in [0.5, 0.6) is 5.75 Å². The second-order valence-electron chi connectivity index (χ2n) is 5.32. The maximum absolute atomic E-state index is 12.7. The van der Waals surface area contributed by atoms with E-state index in [1.54, 1.807) is 55.5 Å². The number of carbonyl (C=O) groups excluding carboxylic acids is 2. The summed E-state index contributed by atoms with van der Waals surface area (Å²) >= 11 is 5.76. The summed E-state index contributed by atoms with van der Waals surface area (Å²) < 4.78 is 5.36. The van der Waals surface area contributed by atoms with Crippen molar-refractivity contribution in [3.63, 3.8) is 0 Å². The van der Waals surface area contributed by atoms with Crippen molar-refractivity contribution >= 4 is 23.5 Å². The van der Waals surface area contributed by atoms with Crippen LogP contribution < -0.4 is 4.74 Å². The van der Waals surface area contributed by atoms with E-state index in [1.165, 1.54) is 4.90 Å². The van der Waals surface area contributed by atoms with Gasteiger partial charge in [0.1, 0.15) is 11.8 Å². The Morgan fingerprint density at radius 3 is 2.21 bits per heavy atom. The Labute approximate surface area is 147 Å². The molecule has 0 aliphatic heterocycles. The number of halogens is 1. The zero-order valence-corrected chi connectivity index (χ0v) is 14.3. The van der Waals surface area contributed by atoms with Crippen molar-refractivity contribution in [1.29, 1.82) is 0 Å². The topological polar surface area (TPSA) is 46.6 Å². The normalized spacial score (nSPS) is 11.6. The number of rotatable bonds is 7. The van der Waals surface area contributed by atoms with Gasteiger partial charge < -0.3 is 9.64 Å². The number of carbonyl (C=O) groups is 2. The van der Waals surface area contributed by atoms with Crippen LogP contribution in [-0.2, 0) is 4.79 Å². The summed E-state index contributed by atoms with van der Waals surface area (Å²) in [7, 11) is 0. The Morgan fingerprint density at radius 1 is 1.04 bits per heavy atom. The van der Waals surface area contributed by atoms with Crippen LogP contribution in [-0.4, -0.2) is 35.2 Å². The number of esters is 1. The Bertz CT molecular complexity index is 661. The molecule has 0 spiro atoms. The van der Waals surface area contributed by atoms with E-state index >= 15 is 0 Å². The first-order valence-electron chi connectivity index (χ1n) is 7.82. The summed E-state index contributed by atoms with van der Waals surface area (Å²) in [5.41, 5.74) is 0.534. The average Bonchev–Trinajstić information content (AvgIpc) is 2.63. The van der Waals surface area contributed by atoms with Crippen LogP contribution in [0.25, 0.3) is 0 Å². The fraction of sp³-hybridized carbons (Fsp3) is 0.263. The van der Waals surface area contributed by atoms with Crippen molar-refractivity contribution in [3.8, 4) is 5.75 Å². The van der Waals surface area contributed by atoms with Crippen LogP contribution in [0.4, 0.5) is 0 Å². The molecule has 0 saturated carbocycles. The largest absolute Gasteiger partial charge is 0.425 e. The van der Waals surface area contributed by atoms with Crippen molar-refractivity contribution < 1.29 is 14.3 Å². The number of ether oxygens (including phenoxy) is 1. The van der Waals surface area contributed by atoms with Crippen LogP contribution in [0, 0.1) is 0 Å². The molecule has 0 aliphatic carbocycles. The highest BCUT2D eigenvalue weighted by Crippen LogP contribution is 2.14. The lowest BCUT2D eigenvalue weighted by Gasteiger charge is -2.27. The third-order valence-corrected chi connectivity index (χ3v) is 3.85. The standard InChI is InChI=1S/C19H20ClNO3/c1-15(19(23)24-17-11-6-3-7-12-17)21(14-8-13-20)18(22)16-9-4-2-5-10-16/h2-7,9-12,15H,8,13-14H2,1H3. The van der Waals surface area contributed by atoms with E-state index in [9.17, 15) is 9.59 Å². The molecular formula is C19H20ClNO3. The van der Waals surface area contributed by atoms with Gasteiger partial charge in [-0.3, -0.25) is 4.79 Å². The minimum Gasteiger partial charge on any atom is -0.425 e. The molecule has 4 nitrogen and oxygen atoms in total. The van der Waals surface area contributed by atoms with Gasteiger partial charge in [-0.15, -0.1) is 11.6 Å². The van der Waals surface area contributed by atoms with Crippen LogP contribution >= 0.6 is 11.6 Å². The minimum absolute atomic E-state index is 0.210. The van der Waals surface area contributed by atoms with Gasteiger partial charge in [-0.1, -0.05) is 36.4 Å². The van der Waals surface area contributed by atoms with E-state index in [4.69, 9.17) is 16.3 Å². The van der Waals surface area contributed by atoms with Gasteiger partial charge in [-0.25, -0.2) is 4.79 Å². The molecule has 1 atom stereocenters. The summed E-state index contributed by atoms with van der Waals surface area (Å²) in [6, 6.07) is 17.0. The number of alkyl halides is 1. The maximum Gasteiger partial charge on any atom is 0.333 e. The van der Waals surface area contributed by atoms with Crippen LogP contribution in [0.2, 0.25) is 0 Å². The van der Waals surface area contributed by atoms with E-state index in [1.807, 2.05) is 12.1 Å². The molecule has 0 fully saturated rings. The first-order chi connectivity index (χ1) is 11.6. The summed E-state index contributed by atoms with van der Waals surface area (Å²) in [5.74, 6) is 0.191. The van der Waals surface area contributed by atoms with E-state index in [0.717, 1.165) is 0 Å². The lowest BCUT2D eigenvalue weighted by Crippen LogP contribution is -2.45. The summed E-state index contributed by atoms with van der Waals surface area (Å²) in [6.07, 6.45) is 0.600. The highest BCUT2D eigenvalue weighted by atomic mass is 35.5. The Hall–Kier alpha value is -2.33. The summed E-state index contributed by atoms with van der Waals surface area (Å²) in [4.78, 5) is 26.6. The molecular weight excluding hydrogens is 326 g/mol. The molecule has 1 amide bonds. The first kappa shape index (κ1) is 18.0. The quantitative estimate of drug-likeness (QED) is 0.436. The van der Waals surface area contributed by atoms with E-state index < -0.39 is 12.0 Å². The molecule has 0 radical (unpaired) electrons. The van der Waals surface area contributed by atoms with Crippen molar-refractivity contribution in [1.82, 2.24) is 4.90 Å². The van der Waals surface area contributed by atoms with Crippen molar-refractivity contribution in [2.24, 2.45) is 0 Å². The highest BCUT2D eigenvalue weighted by molar-refractivity contribution is 6.17. The number of hydrogen-bond donors (Lipinski definition) is 0. The molecule has 1 unspecified atom stereocenters. The van der Waals surface area contributed by atoms with E-state index in [-0.39, 0.29) is 5.91 Å². The maximum atomic E-state index is 12.7. The van der Waals surface area contributed by atoms with Gasteiger partial charge in [0.05, 0.1) is 0 Å². The fourth-order valence-electron chi connectivity index (χ4n) is 2.26. The number of hydrogen-bond acceptors (Lipinski definition) is 3. The van der Waals surface area contributed by atoms with Gasteiger partial charge in [-0.05, 0) is 37.6 Å². The van der Waals surface area contributed by atoms with Crippen LogP contribution in [0.3, 0.4) is 0 Å². The Kier molecular flexibility index (Phi) is 6.82. The third kappa shape index (κ3) is 4.83. The SMILES string of the molecule is CC(C(=O)Oc1ccccc1)N(CCCCl)C(=O)c1ccccc1. The van der Waals surface area contributed by atoms with Crippen LogP contribution in [0.15, 0.2) is 60.7 Å². The molecule has 0 saturated heterocycles. The number of para-hydroxylation sites is 1. The van der Waals surface area contributed by atoms with Gasteiger partial charge in [0.2, 0.25) is 0 Å². The first-order valence-corrected chi connectivity index (χ1v) is 8.35. The van der Waals surface area contributed by atoms with Gasteiger partial charge in [0.25, 0.3) is 5.91 Å². The number of nitrogens with zero attached hydrogens (tertiary/aromatic N) is 1. The second kappa shape index (κ2) is 9.08. The van der Waals surface area contributed by atoms with E-state index in [0.29, 0.717) is 30.2 Å². The molecule has 0 bridgehead atoms. The van der Waals surface area contributed by atoms with Crippen molar-refractivity contribution in [2.45, 2.75) is 19.4 Å². The predicted octanol–water partition coefficient (Wildman–Crippen LogP) is 3.75. The van der Waals surface area contributed by atoms with E-state index in [2.05, 4.69) is 0 Å². The van der Waals surface area contributed by atoms with Crippen molar-refractivity contribution in [3.05, 3.63) is 66.2 Å². The van der Waals surface area contributed by atoms with Gasteiger partial charge >= 0.3 is 5.97 Å². The highest BCUT2D eigenvalue weighted by Gasteiger charge is 2.27. The molecule has 0 heterocycles. The molecule has 0 aliphatic rings. The van der Waals surface area contributed by atoms with Gasteiger partial charge in [0.15, 0.2) is 0 Å². The lowest BCUT2D eigenvalue weighted by molar-refractivity contribution is -0.139. The van der Waals surface area contributed by atoms with Gasteiger partial charge in [-0.2, -0.15) is 0 Å². The molecule has 2 aromatic carbocycles. The van der Waals surface area contributed by atoms with Crippen LogP contribution in [0.1, 0.15) is 23.7 Å². The summed E-state index contributed by atoms with van der Waals surface area (Å²) in [5, 5.41) is 0. The second-order valence-corrected chi connectivity index (χ2v) is 5.70. The molecule has 24 heavy (non-hydrogen) atoms. The Morgan fingerprint density at radius 2 is 1.62 bits per heavy atom. The smallest absolute Gasteiger partial charge is 0.333 e. The zero-order valence-electron chi connectivity index (χ0n) is 13.5. The molecule has 2 aromatic rings. The number of amides is 1. The fourth-order valence-corrected chi connectivity index (χ4v) is 2.38. The Balaban J connectivity index is 2.13. The zero-order chi connectivity index (χ0) is 17.4. The average molecular weight is 346 g/mol. The molecule has 2 rings (SSSR count). The monoisotopic (exact) mass is 345 g/mol. The number of benzene rings is 2. The molecule has 0 N–H and O–H groups in total. The summed E-state index contributed by atoms with van der Waals surface area (Å²) in [6.45, 7) is 2.06. The van der Waals surface area contributed by atoms with Crippen molar-refractivity contribution in [2.75, 3.05) is 12.4 Å². The predicted molar refractivity (Wildman–Crippen MR) is 94.4 cm³/mol. The molecule has 5 heteroatoms. The van der Waals surface area contributed by atoms with Gasteiger partial charge in [0, 0.05) is 18.0 Å².